The molecule has 0 aliphatic heterocycles. The minimum atomic E-state index is -0.775. The van der Waals surface area contributed by atoms with Crippen LogP contribution in [0, 0.1) is 0 Å². The minimum absolute atomic E-state index is 0.0295. The summed E-state index contributed by atoms with van der Waals surface area (Å²) in [6.07, 6.45) is 5.57. The highest BCUT2D eigenvalue weighted by atomic mass is 16.5. The molecule has 2 aliphatic carbocycles. The third-order valence-corrected chi connectivity index (χ3v) is 4.06. The number of carbonyl (C=O) groups is 1. The van der Waals surface area contributed by atoms with E-state index in [0.29, 0.717) is 32.1 Å². The Balaban J connectivity index is 1.80. The first-order valence-electron chi connectivity index (χ1n) is 7.76. The van der Waals surface area contributed by atoms with Crippen molar-refractivity contribution in [1.29, 1.82) is 0 Å². The van der Waals surface area contributed by atoms with Crippen LogP contribution in [0.4, 0.5) is 0 Å². The number of aliphatic carboxylic acids is 1. The first-order chi connectivity index (χ1) is 9.52. The Bertz CT molecular complexity index is 330. The van der Waals surface area contributed by atoms with Gasteiger partial charge in [0.15, 0.2) is 0 Å². The molecule has 20 heavy (non-hydrogen) atoms. The molecule has 2 unspecified atom stereocenters. The van der Waals surface area contributed by atoms with Crippen molar-refractivity contribution in [3.8, 4) is 0 Å². The maximum Gasteiger partial charge on any atom is 0.324 e. The lowest BCUT2D eigenvalue weighted by Gasteiger charge is -2.38. The van der Waals surface area contributed by atoms with Crippen molar-refractivity contribution in [2.45, 2.75) is 76.2 Å². The number of ether oxygens (including phenoxy) is 2. The van der Waals surface area contributed by atoms with Crippen molar-refractivity contribution in [2.24, 2.45) is 0 Å². The normalized spacial score (nSPS) is 30.6. The molecule has 116 valence electrons. The molecule has 0 aromatic heterocycles. The molecule has 2 atom stereocenters. The van der Waals surface area contributed by atoms with Crippen LogP contribution >= 0.6 is 0 Å². The third kappa shape index (κ3) is 4.43. The number of nitrogens with one attached hydrogen (secondary N) is 1. The Hall–Kier alpha value is -0.650. The van der Waals surface area contributed by atoms with E-state index in [2.05, 4.69) is 5.32 Å². The molecule has 2 aliphatic rings. The van der Waals surface area contributed by atoms with Crippen molar-refractivity contribution >= 4 is 5.97 Å². The Morgan fingerprint density at radius 1 is 1.35 bits per heavy atom. The molecule has 2 fully saturated rings. The molecule has 0 spiro atoms. The van der Waals surface area contributed by atoms with Crippen molar-refractivity contribution in [1.82, 2.24) is 5.32 Å². The molecule has 0 aromatic rings. The molecule has 5 heteroatoms. The Kier molecular flexibility index (Phi) is 5.41. The van der Waals surface area contributed by atoms with E-state index in [0.717, 1.165) is 25.7 Å². The maximum atomic E-state index is 11.7. The van der Waals surface area contributed by atoms with Crippen molar-refractivity contribution in [3.05, 3.63) is 0 Å². The highest BCUT2D eigenvalue weighted by Gasteiger charge is 2.46. The summed E-state index contributed by atoms with van der Waals surface area (Å²) in [7, 11) is 0. The van der Waals surface area contributed by atoms with Gasteiger partial charge in [-0.15, -0.1) is 0 Å². The molecule has 0 aromatic carbocycles. The van der Waals surface area contributed by atoms with Gasteiger partial charge in [0.2, 0.25) is 0 Å². The van der Waals surface area contributed by atoms with E-state index >= 15 is 0 Å². The van der Waals surface area contributed by atoms with Crippen LogP contribution in [0.5, 0.6) is 0 Å². The van der Waals surface area contributed by atoms with Crippen LogP contribution in [0.15, 0.2) is 0 Å². The highest BCUT2D eigenvalue weighted by molar-refractivity contribution is 5.79. The van der Waals surface area contributed by atoms with Crippen LogP contribution in [0.2, 0.25) is 0 Å². The fourth-order valence-electron chi connectivity index (χ4n) is 2.87. The van der Waals surface area contributed by atoms with Gasteiger partial charge in [0.05, 0.1) is 25.4 Å². The molecular weight excluding hydrogens is 258 g/mol. The predicted molar refractivity (Wildman–Crippen MR) is 75.8 cm³/mol. The number of carboxylic acid groups (broad SMARTS) is 1. The van der Waals surface area contributed by atoms with Crippen LogP contribution in [0.3, 0.4) is 0 Å². The topological polar surface area (TPSA) is 67.8 Å². The standard InChI is InChI=1S/C15H27NO4/c1-11(2)19-8-9-20-13-4-3-7-15(10-13,14(17)18)16-12-5-6-12/h11-13,16H,3-10H2,1-2H3,(H,17,18). The summed E-state index contributed by atoms with van der Waals surface area (Å²) in [4.78, 5) is 11.7. The average Bonchev–Trinajstić information content (AvgIpc) is 3.18. The van der Waals surface area contributed by atoms with Crippen LogP contribution in [-0.4, -0.2) is 48.1 Å². The summed E-state index contributed by atoms with van der Waals surface area (Å²) < 4.78 is 11.3. The second-order valence-electron chi connectivity index (χ2n) is 6.31. The summed E-state index contributed by atoms with van der Waals surface area (Å²) in [6, 6.07) is 0.397. The van der Waals surface area contributed by atoms with Crippen LogP contribution < -0.4 is 5.32 Å². The predicted octanol–water partition coefficient (Wildman–Crippen LogP) is 1.95. The van der Waals surface area contributed by atoms with Gasteiger partial charge < -0.3 is 14.6 Å². The van der Waals surface area contributed by atoms with E-state index in [4.69, 9.17) is 9.47 Å². The van der Waals surface area contributed by atoms with E-state index in [1.165, 1.54) is 0 Å². The van der Waals surface area contributed by atoms with Gasteiger partial charge in [0.1, 0.15) is 5.54 Å². The monoisotopic (exact) mass is 285 g/mol. The van der Waals surface area contributed by atoms with Gasteiger partial charge in [-0.3, -0.25) is 10.1 Å². The van der Waals surface area contributed by atoms with Crippen molar-refractivity contribution in [3.63, 3.8) is 0 Å². The Morgan fingerprint density at radius 2 is 2.10 bits per heavy atom. The Labute approximate surface area is 121 Å². The molecule has 2 saturated carbocycles. The zero-order chi connectivity index (χ0) is 14.6. The lowest BCUT2D eigenvalue weighted by molar-refractivity contribution is -0.149. The maximum absolute atomic E-state index is 11.7. The molecular formula is C15H27NO4. The molecule has 5 nitrogen and oxygen atoms in total. The van der Waals surface area contributed by atoms with Gasteiger partial charge in [-0.25, -0.2) is 0 Å². The van der Waals surface area contributed by atoms with E-state index in [9.17, 15) is 9.90 Å². The van der Waals surface area contributed by atoms with Crippen molar-refractivity contribution < 1.29 is 19.4 Å². The molecule has 0 amide bonds. The average molecular weight is 285 g/mol. The van der Waals surface area contributed by atoms with Gasteiger partial charge in [0.25, 0.3) is 0 Å². The van der Waals surface area contributed by atoms with Gasteiger partial charge in [-0.05, 0) is 46.0 Å². The molecule has 2 rings (SSSR count). The van der Waals surface area contributed by atoms with Gasteiger partial charge in [-0.1, -0.05) is 0 Å². The highest BCUT2D eigenvalue weighted by Crippen LogP contribution is 2.34. The summed E-state index contributed by atoms with van der Waals surface area (Å²) in [5.74, 6) is -0.726. The lowest BCUT2D eigenvalue weighted by Crippen LogP contribution is -2.57. The fourth-order valence-corrected chi connectivity index (χ4v) is 2.87. The number of carboxylic acids is 1. The van der Waals surface area contributed by atoms with Crippen LogP contribution in [0.1, 0.15) is 52.4 Å². The molecule has 2 N–H and O–H groups in total. The first kappa shape index (κ1) is 15.7. The van der Waals surface area contributed by atoms with E-state index < -0.39 is 11.5 Å². The second-order valence-corrected chi connectivity index (χ2v) is 6.31. The minimum Gasteiger partial charge on any atom is -0.480 e. The van der Waals surface area contributed by atoms with E-state index in [1.807, 2.05) is 13.8 Å². The third-order valence-electron chi connectivity index (χ3n) is 4.06. The SMILES string of the molecule is CC(C)OCCOC1CCCC(NC2CC2)(C(=O)O)C1. The first-order valence-corrected chi connectivity index (χ1v) is 7.76. The summed E-state index contributed by atoms with van der Waals surface area (Å²) in [5, 5.41) is 12.9. The Morgan fingerprint density at radius 3 is 2.70 bits per heavy atom. The second kappa shape index (κ2) is 6.87. The molecule has 0 radical (unpaired) electrons. The van der Waals surface area contributed by atoms with E-state index in [-0.39, 0.29) is 12.2 Å². The lowest BCUT2D eigenvalue weighted by atomic mass is 9.80. The molecule has 0 heterocycles. The zero-order valence-corrected chi connectivity index (χ0v) is 12.6. The van der Waals surface area contributed by atoms with Crippen LogP contribution in [-0.2, 0) is 14.3 Å². The largest absolute Gasteiger partial charge is 0.480 e. The number of rotatable bonds is 8. The van der Waals surface area contributed by atoms with Gasteiger partial charge in [-0.2, -0.15) is 0 Å². The number of hydrogen-bond acceptors (Lipinski definition) is 4. The fraction of sp³-hybridized carbons (Fsp3) is 0.933. The van der Waals surface area contributed by atoms with Gasteiger partial charge in [0, 0.05) is 12.5 Å². The summed E-state index contributed by atoms with van der Waals surface area (Å²) >= 11 is 0. The summed E-state index contributed by atoms with van der Waals surface area (Å²) in [6.45, 7) is 5.11. The summed E-state index contributed by atoms with van der Waals surface area (Å²) in [5.41, 5.74) is -0.775. The van der Waals surface area contributed by atoms with Crippen LogP contribution in [0.25, 0.3) is 0 Å². The molecule has 0 saturated heterocycles. The van der Waals surface area contributed by atoms with Gasteiger partial charge >= 0.3 is 5.97 Å². The quantitative estimate of drug-likeness (QED) is 0.667. The van der Waals surface area contributed by atoms with E-state index in [1.54, 1.807) is 0 Å². The smallest absolute Gasteiger partial charge is 0.324 e. The zero-order valence-electron chi connectivity index (χ0n) is 12.6. The number of hydrogen-bond donors (Lipinski definition) is 2. The van der Waals surface area contributed by atoms with Crippen molar-refractivity contribution in [2.75, 3.05) is 13.2 Å². The molecule has 0 bridgehead atoms.